The third-order valence-corrected chi connectivity index (χ3v) is 23.6. The summed E-state index contributed by atoms with van der Waals surface area (Å²) in [4.78, 5) is 48.3. The summed E-state index contributed by atoms with van der Waals surface area (Å²) in [6.07, 6.45) is 58.6. The number of carboxylic acid groups (broad SMARTS) is 1. The van der Waals surface area contributed by atoms with E-state index in [9.17, 15) is 9.90 Å². The summed E-state index contributed by atoms with van der Waals surface area (Å²) in [5.74, 6) is -0.961. The molecule has 0 fully saturated rings. The molecule has 15 rings (SSSR count). The Morgan fingerprint density at radius 2 is 0.724 bits per heavy atom. The molecule has 10 heteroatoms. The van der Waals surface area contributed by atoms with Crippen molar-refractivity contribution in [3.8, 4) is 11.1 Å². The fraction of sp³-hybridized carbons (Fsp3) is 0.292. The smallest absolute Gasteiger partial charge is 0.335 e. The van der Waals surface area contributed by atoms with E-state index < -0.39 is 5.97 Å². The van der Waals surface area contributed by atoms with Gasteiger partial charge in [-0.3, -0.25) is 0 Å². The molecule has 9 aromatic rings. The molecule has 0 amide bonds. The zero-order valence-corrected chi connectivity index (χ0v) is 68.9. The maximum atomic E-state index is 12.2. The van der Waals surface area contributed by atoms with E-state index in [-0.39, 0.29) is 5.56 Å². The Kier molecular flexibility index (Phi) is 26.1. The van der Waals surface area contributed by atoms with E-state index in [4.69, 9.17) is 20.0 Å². The summed E-state index contributed by atoms with van der Waals surface area (Å²) in [6.45, 7) is 13.7. The van der Waals surface area contributed by atoms with Crippen LogP contribution in [0.1, 0.15) is 272 Å². The first kappa shape index (κ1) is 79.5. The molecule has 0 unspecified atom stereocenters. The van der Waals surface area contributed by atoms with E-state index in [1.54, 1.807) is 12.1 Å². The average molecular weight is 1530 g/mol. The molecule has 116 heavy (non-hydrogen) atoms. The van der Waals surface area contributed by atoms with E-state index in [1.807, 2.05) is 12.1 Å². The molecule has 5 aliphatic heterocycles. The zero-order valence-electron chi connectivity index (χ0n) is 68.9. The first-order valence-electron chi connectivity index (χ1n) is 43.4. The molecule has 16 bridgehead atoms. The SMILES string of the molecule is CCCCCC1=C2C=CC(=C(c3ccc(/C=C/c4ccc(N(c5ccc(/C=C/c6ccc(-c7c8nc(c(CCCCC)c9ccc([nH]9)c(CCCCC)c9nc(c(CCCCC)c%10ccc7[nH]%10)C=C9)C=C8)cc6)cc5)c5ccc(C(=O)O)cc5)cc4)cc3)C3=NC(=C(CCCCC)c4ccc([nH]4)C(CCCCC)=C4C=CC1=N4)C=C3)C2. The molecule has 4 N–H and O–H groups in total. The number of aromatic carboxylic acids is 1. The third kappa shape index (κ3) is 18.5. The minimum Gasteiger partial charge on any atom is -0.478 e. The van der Waals surface area contributed by atoms with Gasteiger partial charge in [-0.05, 0) is 267 Å². The fourth-order valence-corrected chi connectivity index (χ4v) is 17.1. The van der Waals surface area contributed by atoms with E-state index in [0.717, 1.165) is 251 Å². The van der Waals surface area contributed by atoms with Crippen LogP contribution in [-0.4, -0.2) is 47.4 Å². The Morgan fingerprint density at radius 3 is 1.18 bits per heavy atom. The Hall–Kier alpha value is -11.8. The van der Waals surface area contributed by atoms with Gasteiger partial charge in [0, 0.05) is 89.5 Å². The van der Waals surface area contributed by atoms with Crippen molar-refractivity contribution in [3.05, 3.63) is 307 Å². The number of nitrogens with zero attached hydrogens (tertiary/aromatic N) is 5. The fourth-order valence-electron chi connectivity index (χ4n) is 17.1. The van der Waals surface area contributed by atoms with Crippen LogP contribution >= 0.6 is 0 Å². The number of rotatable bonds is 34. The number of unbranched alkanes of at least 4 members (excludes halogenated alkanes) is 12. The predicted octanol–water partition coefficient (Wildman–Crippen LogP) is 29.3. The standard InChI is InChI=1S/C106H112N8O2/c1-7-13-19-25-84-79-47-48-80(71-79)104(101-68-65-98(111-101)87(28-22-16-10-4)95-62-59-92(108-95)85(26-20-14-8-2)91-58-57-90(84)107-91)76-43-35-72(36-44-76)31-33-74-39-51-81(52-40-74)114(83-55-49-78(50-56-83)106(115)116)82-53-41-75(42-54-82)34-32-73-37-45-77(46-38-73)105-102-69-66-99(112-102)88(29-23-17-11-5)96-63-60-93(109-96)86(27-21-15-9-3)94-61-64-97(110-94)89(30-24-18-12-6)100-67-70-103(105)113-100/h31-70,108-109,113H,7-30,71H2,1-6H3,(H,115,116)/b33-31+,34-32+,84-79?,90-84?,91-85?,92-85?,93-86?,94-86?,95-87?,96-88?,97-89?,98-87?,99-88?,100-89?,104-80?,104-101?,105-102?,105-103?. The lowest BCUT2D eigenvalue weighted by atomic mass is 9.91. The van der Waals surface area contributed by atoms with Crippen molar-refractivity contribution in [2.45, 2.75) is 202 Å². The van der Waals surface area contributed by atoms with Gasteiger partial charge in [0.25, 0.3) is 0 Å². The van der Waals surface area contributed by atoms with Crippen molar-refractivity contribution in [1.82, 2.24) is 24.9 Å². The topological polar surface area (TPSA) is 138 Å². The number of aryl methyl sites for hydroxylation is 3. The summed E-state index contributed by atoms with van der Waals surface area (Å²) >= 11 is 0. The van der Waals surface area contributed by atoms with Crippen LogP contribution in [0.5, 0.6) is 0 Å². The summed E-state index contributed by atoms with van der Waals surface area (Å²) in [5, 5.41) is 9.96. The number of anilines is 3. The Labute approximate surface area is 687 Å². The Balaban J connectivity index is 0.700. The van der Waals surface area contributed by atoms with Crippen molar-refractivity contribution in [2.24, 2.45) is 9.98 Å². The number of aromatic amines is 3. The molecule has 0 saturated carbocycles. The summed E-state index contributed by atoms with van der Waals surface area (Å²) < 4.78 is 0. The molecular formula is C106H112N8O2. The lowest BCUT2D eigenvalue weighted by molar-refractivity contribution is 0.0696. The molecule has 588 valence electrons. The highest BCUT2D eigenvalue weighted by Crippen LogP contribution is 2.43. The van der Waals surface area contributed by atoms with E-state index in [0.29, 0.717) is 0 Å². The highest BCUT2D eigenvalue weighted by Gasteiger charge is 2.27. The van der Waals surface area contributed by atoms with Gasteiger partial charge in [-0.1, -0.05) is 228 Å². The molecule has 4 aromatic heterocycles. The molecule has 0 radical (unpaired) electrons. The number of benzene rings is 5. The van der Waals surface area contributed by atoms with Gasteiger partial charge in [0.2, 0.25) is 0 Å². The second-order valence-corrected chi connectivity index (χ2v) is 31.9. The van der Waals surface area contributed by atoms with Gasteiger partial charge in [-0.25, -0.2) is 24.7 Å². The number of aliphatic imine (C=N–C) groups is 2. The van der Waals surface area contributed by atoms with Crippen molar-refractivity contribution in [1.29, 1.82) is 0 Å². The van der Waals surface area contributed by atoms with Crippen LogP contribution in [0.25, 0.3) is 98.5 Å². The summed E-state index contributed by atoms with van der Waals surface area (Å²) in [6, 6.07) is 55.7. The molecule has 0 saturated heterocycles. The quantitative estimate of drug-likeness (QED) is 0.0235. The van der Waals surface area contributed by atoms with Crippen molar-refractivity contribution < 1.29 is 9.90 Å². The maximum Gasteiger partial charge on any atom is 0.335 e. The van der Waals surface area contributed by atoms with Crippen LogP contribution in [0, 0.1) is 0 Å². The van der Waals surface area contributed by atoms with E-state index in [1.165, 1.54) is 95.1 Å². The van der Waals surface area contributed by atoms with Crippen LogP contribution in [0.3, 0.4) is 0 Å². The highest BCUT2D eigenvalue weighted by atomic mass is 16.4. The molecule has 1 aliphatic carbocycles. The van der Waals surface area contributed by atoms with Gasteiger partial charge in [0.05, 0.1) is 51.2 Å². The molecule has 10 nitrogen and oxygen atoms in total. The van der Waals surface area contributed by atoms with Crippen molar-refractivity contribution in [2.75, 3.05) is 4.90 Å². The Bertz CT molecular complexity index is 5670. The molecule has 0 spiro atoms. The normalized spacial score (nSPS) is 14.4. The van der Waals surface area contributed by atoms with Gasteiger partial charge in [-0.15, -0.1) is 0 Å². The van der Waals surface area contributed by atoms with Crippen LogP contribution in [-0.2, 0) is 19.3 Å². The molecule has 0 atom stereocenters. The lowest BCUT2D eigenvalue weighted by Crippen LogP contribution is -2.10. The number of H-pyrrole nitrogens is 3. The largest absolute Gasteiger partial charge is 0.478 e. The second-order valence-electron chi connectivity index (χ2n) is 31.9. The third-order valence-electron chi connectivity index (χ3n) is 23.6. The number of aromatic nitrogens is 5. The van der Waals surface area contributed by atoms with Gasteiger partial charge in [0.1, 0.15) is 0 Å². The molecule has 5 aromatic carbocycles. The van der Waals surface area contributed by atoms with Crippen LogP contribution < -0.4 is 4.90 Å². The molecule has 9 heterocycles. The molecular weight excluding hydrogens is 1420 g/mol. The van der Waals surface area contributed by atoms with Gasteiger partial charge in [0.15, 0.2) is 0 Å². The maximum absolute atomic E-state index is 12.2. The van der Waals surface area contributed by atoms with Crippen LogP contribution in [0.2, 0.25) is 0 Å². The number of allylic oxidation sites excluding steroid dienone is 12. The average Bonchev–Trinajstić information content (AvgIpc) is 1.69. The number of carbonyl (C=O) groups is 1. The minimum atomic E-state index is -0.961. The minimum absolute atomic E-state index is 0.236. The second kappa shape index (κ2) is 38.1. The monoisotopic (exact) mass is 1530 g/mol. The van der Waals surface area contributed by atoms with Gasteiger partial charge < -0.3 is 25.0 Å². The number of carboxylic acids is 1. The van der Waals surface area contributed by atoms with Gasteiger partial charge >= 0.3 is 5.97 Å². The Morgan fingerprint density at radius 1 is 0.353 bits per heavy atom. The van der Waals surface area contributed by atoms with Crippen LogP contribution in [0.4, 0.5) is 17.1 Å². The van der Waals surface area contributed by atoms with E-state index >= 15 is 0 Å². The highest BCUT2D eigenvalue weighted by molar-refractivity contribution is 6.32. The van der Waals surface area contributed by atoms with Crippen LogP contribution in [0.15, 0.2) is 232 Å². The number of nitrogens with one attached hydrogen (secondary N) is 3. The van der Waals surface area contributed by atoms with Gasteiger partial charge in [-0.2, -0.15) is 0 Å². The summed E-state index contributed by atoms with van der Waals surface area (Å²) in [7, 11) is 0. The van der Waals surface area contributed by atoms with Crippen molar-refractivity contribution in [3.63, 3.8) is 0 Å². The predicted molar refractivity (Wildman–Crippen MR) is 494 cm³/mol. The first-order valence-corrected chi connectivity index (χ1v) is 43.4. The number of hydrogen-bond donors (Lipinski definition) is 4. The number of hydrogen-bond acceptors (Lipinski definition) is 6. The first-order chi connectivity index (χ1) is 57.0. The summed E-state index contributed by atoms with van der Waals surface area (Å²) in [5.41, 5.74) is 37.0. The zero-order chi connectivity index (χ0) is 79.7. The molecule has 6 aliphatic rings. The van der Waals surface area contributed by atoms with E-state index in [2.05, 4.69) is 280 Å². The number of fused-ring (bicyclic) bond motifs is 14. The van der Waals surface area contributed by atoms with Crippen molar-refractivity contribution >= 4 is 122 Å². The lowest BCUT2D eigenvalue weighted by Gasteiger charge is -2.26.